The molecular formula is C32H51N7O6. The summed E-state index contributed by atoms with van der Waals surface area (Å²) >= 11 is 0. The molecule has 1 unspecified atom stereocenters. The molecule has 0 aromatic rings. The summed E-state index contributed by atoms with van der Waals surface area (Å²) in [6.07, 6.45) is 8.39. The molecule has 13 heteroatoms. The Morgan fingerprint density at radius 1 is 1.11 bits per heavy atom. The summed E-state index contributed by atoms with van der Waals surface area (Å²) < 4.78 is 0. The van der Waals surface area contributed by atoms with Crippen molar-refractivity contribution in [3.05, 3.63) is 24.8 Å². The Kier molecular flexibility index (Phi) is 12.6. The summed E-state index contributed by atoms with van der Waals surface area (Å²) in [6.45, 7) is 14.9. The minimum Gasteiger partial charge on any atom is -0.346 e. The number of ketones is 1. The topological polar surface area (TPSA) is 169 Å². The molecule has 2 heterocycles. The lowest BCUT2D eigenvalue weighted by molar-refractivity contribution is -0.143. The van der Waals surface area contributed by atoms with E-state index in [1.807, 2.05) is 34.6 Å². The number of amides is 7. The second kappa shape index (κ2) is 15.9. The summed E-state index contributed by atoms with van der Waals surface area (Å²) in [5.74, 6) is -2.05. The number of carbonyl (C=O) groups is 6. The molecule has 0 spiro atoms. The van der Waals surface area contributed by atoms with Crippen LogP contribution in [-0.2, 0) is 19.2 Å². The third kappa shape index (κ3) is 10.6. The zero-order chi connectivity index (χ0) is 33.3. The van der Waals surface area contributed by atoms with E-state index in [0.29, 0.717) is 32.5 Å². The van der Waals surface area contributed by atoms with Gasteiger partial charge in [0, 0.05) is 38.8 Å². The maximum atomic E-state index is 14.0. The standard InChI is InChI=1S/C32H51N7O6/c1-7-13-33-28(42)25(40)23(18-21-11-12-21)36-27(41)24-10-8-16-39(24)29(43)26(32(4,5)6)37-30(44)35-22(17-20(2)3)19-38-15-9-14-34-31(38)45/h7-8,10,20-24,26H,1,9,11-19H2,2-6H3,(H,33,42)(H,34,45)(H,36,41)(H2,35,37,44)/t22-,23?,24-,26+/m0/s1. The quantitative estimate of drug-likeness (QED) is 0.136. The first kappa shape index (κ1) is 35.6. The van der Waals surface area contributed by atoms with Crippen molar-refractivity contribution >= 4 is 35.6 Å². The highest BCUT2D eigenvalue weighted by molar-refractivity contribution is 6.38. The van der Waals surface area contributed by atoms with Crippen LogP contribution in [0, 0.1) is 17.3 Å². The van der Waals surface area contributed by atoms with Crippen molar-refractivity contribution in [3.8, 4) is 0 Å². The van der Waals surface area contributed by atoms with Gasteiger partial charge in [0.15, 0.2) is 0 Å². The van der Waals surface area contributed by atoms with E-state index in [2.05, 4.69) is 33.2 Å². The number of carbonyl (C=O) groups excluding carboxylic acids is 6. The number of hydrogen-bond donors (Lipinski definition) is 5. The summed E-state index contributed by atoms with van der Waals surface area (Å²) in [7, 11) is 0. The first-order chi connectivity index (χ1) is 21.2. The van der Waals surface area contributed by atoms with E-state index in [1.165, 1.54) is 11.0 Å². The van der Waals surface area contributed by atoms with Crippen molar-refractivity contribution in [2.24, 2.45) is 17.3 Å². The fraction of sp³-hybridized carbons (Fsp3) is 0.688. The molecule has 0 radical (unpaired) electrons. The molecule has 250 valence electrons. The normalized spacial score (nSPS) is 20.1. The zero-order valence-corrected chi connectivity index (χ0v) is 27.3. The molecule has 13 nitrogen and oxygen atoms in total. The Balaban J connectivity index is 1.69. The molecule has 1 aliphatic carbocycles. The van der Waals surface area contributed by atoms with Gasteiger partial charge in [0.25, 0.3) is 5.91 Å². The minimum atomic E-state index is -1.01. The fourth-order valence-electron chi connectivity index (χ4n) is 5.60. The smallest absolute Gasteiger partial charge is 0.317 e. The number of nitrogens with one attached hydrogen (secondary N) is 5. The lowest BCUT2D eigenvalue weighted by Crippen LogP contribution is -2.61. The van der Waals surface area contributed by atoms with Gasteiger partial charge < -0.3 is 36.4 Å². The van der Waals surface area contributed by atoms with E-state index in [4.69, 9.17) is 0 Å². The number of hydrogen-bond acceptors (Lipinski definition) is 6. The van der Waals surface area contributed by atoms with Gasteiger partial charge in [-0.2, -0.15) is 0 Å². The highest BCUT2D eigenvalue weighted by Crippen LogP contribution is 2.34. The van der Waals surface area contributed by atoms with Crippen LogP contribution >= 0.6 is 0 Å². The van der Waals surface area contributed by atoms with E-state index in [9.17, 15) is 28.8 Å². The number of rotatable bonds is 15. The van der Waals surface area contributed by atoms with Crippen molar-refractivity contribution in [2.75, 3.05) is 32.7 Å². The molecule has 5 N–H and O–H groups in total. The third-order valence-electron chi connectivity index (χ3n) is 8.13. The van der Waals surface area contributed by atoms with Crippen LogP contribution in [0.2, 0.25) is 0 Å². The van der Waals surface area contributed by atoms with E-state index in [1.54, 1.807) is 17.1 Å². The zero-order valence-electron chi connectivity index (χ0n) is 27.3. The van der Waals surface area contributed by atoms with Crippen molar-refractivity contribution in [1.82, 2.24) is 36.4 Å². The predicted molar refractivity (Wildman–Crippen MR) is 170 cm³/mol. The van der Waals surface area contributed by atoms with E-state index < -0.39 is 53.1 Å². The molecule has 3 aliphatic rings. The molecular weight excluding hydrogens is 578 g/mol. The Hall–Kier alpha value is -3.90. The van der Waals surface area contributed by atoms with Crippen LogP contribution in [0.4, 0.5) is 9.59 Å². The van der Waals surface area contributed by atoms with Crippen LogP contribution in [0.3, 0.4) is 0 Å². The van der Waals surface area contributed by atoms with Crippen LogP contribution in [-0.4, -0.2) is 102 Å². The molecule has 2 fully saturated rings. The van der Waals surface area contributed by atoms with Gasteiger partial charge in [0.2, 0.25) is 17.6 Å². The van der Waals surface area contributed by atoms with Crippen LogP contribution < -0.4 is 26.6 Å². The summed E-state index contributed by atoms with van der Waals surface area (Å²) in [6, 6.07) is -4.04. The van der Waals surface area contributed by atoms with Gasteiger partial charge in [-0.15, -0.1) is 6.58 Å². The number of nitrogens with zero attached hydrogens (tertiary/aromatic N) is 2. The highest BCUT2D eigenvalue weighted by atomic mass is 16.2. The molecule has 1 saturated heterocycles. The van der Waals surface area contributed by atoms with Gasteiger partial charge in [-0.3, -0.25) is 19.2 Å². The van der Waals surface area contributed by atoms with Crippen molar-refractivity contribution in [2.45, 2.75) is 90.9 Å². The molecule has 45 heavy (non-hydrogen) atoms. The number of urea groups is 2. The van der Waals surface area contributed by atoms with Crippen LogP contribution in [0.5, 0.6) is 0 Å². The Bertz CT molecular complexity index is 1160. The molecule has 7 amide bonds. The van der Waals surface area contributed by atoms with Gasteiger partial charge in [0.1, 0.15) is 12.1 Å². The summed E-state index contributed by atoms with van der Waals surface area (Å²) in [5.41, 5.74) is -0.716. The maximum Gasteiger partial charge on any atom is 0.317 e. The predicted octanol–water partition coefficient (Wildman–Crippen LogP) is 1.45. The third-order valence-corrected chi connectivity index (χ3v) is 8.13. The molecule has 2 aliphatic heterocycles. The van der Waals surface area contributed by atoms with Gasteiger partial charge in [-0.05, 0) is 36.5 Å². The van der Waals surface area contributed by atoms with Gasteiger partial charge >= 0.3 is 12.1 Å². The number of Topliss-reactive ketones (excluding diaryl/α,β-unsaturated/α-hetero) is 1. The molecule has 4 atom stereocenters. The van der Waals surface area contributed by atoms with Crippen molar-refractivity contribution < 1.29 is 28.8 Å². The van der Waals surface area contributed by atoms with Crippen LogP contribution in [0.15, 0.2) is 24.8 Å². The Morgan fingerprint density at radius 2 is 1.82 bits per heavy atom. The first-order valence-electron chi connectivity index (χ1n) is 16.0. The summed E-state index contributed by atoms with van der Waals surface area (Å²) in [5, 5.41) is 13.8. The molecule has 0 bridgehead atoms. The minimum absolute atomic E-state index is 0.128. The van der Waals surface area contributed by atoms with Crippen molar-refractivity contribution in [1.29, 1.82) is 0 Å². The molecule has 3 rings (SSSR count). The maximum absolute atomic E-state index is 14.0. The Morgan fingerprint density at radius 3 is 2.42 bits per heavy atom. The van der Waals surface area contributed by atoms with Gasteiger partial charge in [-0.1, -0.05) is 65.7 Å². The van der Waals surface area contributed by atoms with Gasteiger partial charge in [0.05, 0.1) is 6.04 Å². The SMILES string of the molecule is C=CCNC(=O)C(=O)C(CC1CC1)NC(=O)[C@@H]1C=CCN1C(=O)[C@@H](NC(=O)N[C@@H](CC(C)C)CN1CCCNC1=O)C(C)(C)C. The van der Waals surface area contributed by atoms with Crippen molar-refractivity contribution in [3.63, 3.8) is 0 Å². The van der Waals surface area contributed by atoms with E-state index in [0.717, 1.165) is 19.3 Å². The molecule has 0 aromatic carbocycles. The molecule has 1 saturated carbocycles. The largest absolute Gasteiger partial charge is 0.346 e. The van der Waals surface area contributed by atoms with Gasteiger partial charge in [-0.25, -0.2) is 9.59 Å². The van der Waals surface area contributed by atoms with Crippen LogP contribution in [0.25, 0.3) is 0 Å². The summed E-state index contributed by atoms with van der Waals surface area (Å²) in [4.78, 5) is 81.4. The average molecular weight is 630 g/mol. The monoisotopic (exact) mass is 629 g/mol. The molecule has 0 aromatic heterocycles. The van der Waals surface area contributed by atoms with E-state index in [-0.39, 0.29) is 37.0 Å². The highest BCUT2D eigenvalue weighted by Gasteiger charge is 2.42. The van der Waals surface area contributed by atoms with Crippen LogP contribution in [0.1, 0.15) is 66.7 Å². The lowest BCUT2D eigenvalue weighted by Gasteiger charge is -2.36. The second-order valence-electron chi connectivity index (χ2n) is 13.7. The fourth-order valence-corrected chi connectivity index (χ4v) is 5.60. The average Bonchev–Trinajstić information content (AvgIpc) is 3.64. The second-order valence-corrected chi connectivity index (χ2v) is 13.7. The Labute approximate surface area is 266 Å². The van der Waals surface area contributed by atoms with E-state index >= 15 is 0 Å². The lowest BCUT2D eigenvalue weighted by atomic mass is 9.85. The first-order valence-corrected chi connectivity index (χ1v) is 16.0.